The first kappa shape index (κ1) is 32.6. The number of rotatable bonds is 16. The molecule has 1 N–H and O–H groups in total. The van der Waals surface area contributed by atoms with Crippen LogP contribution in [-0.4, -0.2) is 69.8 Å². The molecular weight excluding hydrogens is 598 g/mol. The Morgan fingerprint density at radius 2 is 1.71 bits per heavy atom. The van der Waals surface area contributed by atoms with Gasteiger partial charge >= 0.3 is 5.97 Å². The minimum atomic E-state index is -3.95. The van der Waals surface area contributed by atoms with Crippen LogP contribution in [0, 0.1) is 22.0 Å². The Kier molecular flexibility index (Phi) is 10.5. The van der Waals surface area contributed by atoms with Crippen molar-refractivity contribution in [1.29, 1.82) is 0 Å². The fourth-order valence-electron chi connectivity index (χ4n) is 6.21. The summed E-state index contributed by atoms with van der Waals surface area (Å²) in [4.78, 5) is 25.6. The molecule has 0 bridgehead atoms. The zero-order valence-corrected chi connectivity index (χ0v) is 26.3. The van der Waals surface area contributed by atoms with Crippen LogP contribution in [0.2, 0.25) is 0 Å². The number of nitro groups is 1. The molecule has 1 heterocycles. The number of non-ortho nitro benzene ring substituents is 1. The van der Waals surface area contributed by atoms with Gasteiger partial charge in [-0.05, 0) is 66.5 Å². The molecule has 5 rings (SSSR count). The maximum absolute atomic E-state index is 13.4. The molecule has 0 radical (unpaired) electrons. The molecule has 1 saturated heterocycles. The molecule has 0 amide bonds. The summed E-state index contributed by atoms with van der Waals surface area (Å²) in [5, 5.41) is 11.6. The van der Waals surface area contributed by atoms with E-state index in [-0.39, 0.29) is 48.1 Å². The van der Waals surface area contributed by atoms with Gasteiger partial charge in [0.15, 0.2) is 6.10 Å². The van der Waals surface area contributed by atoms with Gasteiger partial charge in [0.1, 0.15) is 12.4 Å². The first-order valence-corrected chi connectivity index (χ1v) is 16.7. The Morgan fingerprint density at radius 1 is 1.00 bits per heavy atom. The zero-order valence-electron chi connectivity index (χ0n) is 25.5. The summed E-state index contributed by atoms with van der Waals surface area (Å²) in [7, 11) is -3.95. The third-order valence-corrected chi connectivity index (χ3v) is 9.83. The predicted octanol–water partition coefficient (Wildman–Crippen LogP) is 4.31. The predicted molar refractivity (Wildman–Crippen MR) is 167 cm³/mol. The van der Waals surface area contributed by atoms with E-state index >= 15 is 0 Å². The van der Waals surface area contributed by atoms with E-state index in [9.17, 15) is 23.3 Å². The topological polar surface area (TPSA) is 137 Å². The van der Waals surface area contributed by atoms with Gasteiger partial charge in [0, 0.05) is 51.3 Å². The highest BCUT2D eigenvalue weighted by Crippen LogP contribution is 2.59. The molecule has 1 saturated carbocycles. The summed E-state index contributed by atoms with van der Waals surface area (Å²) < 4.78 is 45.8. The maximum Gasteiger partial charge on any atom is 0.335 e. The lowest BCUT2D eigenvalue weighted by Crippen LogP contribution is -2.29. The van der Waals surface area contributed by atoms with Gasteiger partial charge < -0.3 is 14.2 Å². The molecule has 1 aliphatic carbocycles. The van der Waals surface area contributed by atoms with Gasteiger partial charge in [-0.15, -0.1) is 0 Å². The van der Waals surface area contributed by atoms with Crippen LogP contribution in [0.4, 0.5) is 5.69 Å². The molecule has 0 aromatic heterocycles. The van der Waals surface area contributed by atoms with Crippen molar-refractivity contribution in [2.75, 3.05) is 39.5 Å². The number of carbonyl (C=O) groups is 1. The van der Waals surface area contributed by atoms with Crippen LogP contribution in [0.1, 0.15) is 36.5 Å². The van der Waals surface area contributed by atoms with E-state index in [0.717, 1.165) is 25.2 Å². The first-order chi connectivity index (χ1) is 21.7. The van der Waals surface area contributed by atoms with E-state index in [1.165, 1.54) is 23.8 Å². The lowest BCUT2D eigenvalue weighted by Gasteiger charge is -2.20. The first-order valence-electron chi connectivity index (χ1n) is 15.2. The number of sulfonamides is 1. The second-order valence-corrected chi connectivity index (χ2v) is 13.0. The number of ether oxygens (including phenoxy) is 3. The smallest absolute Gasteiger partial charge is 0.335 e. The number of nitro benzene ring substituents is 1. The van der Waals surface area contributed by atoms with Crippen molar-refractivity contribution in [3.63, 3.8) is 0 Å². The number of hydrogen-bond acceptors (Lipinski definition) is 9. The number of hydrogen-bond donors (Lipinski definition) is 1. The van der Waals surface area contributed by atoms with Crippen LogP contribution >= 0.6 is 0 Å². The normalized spacial score (nSPS) is 19.9. The minimum absolute atomic E-state index is 0.0121. The largest absolute Gasteiger partial charge is 0.492 e. The lowest BCUT2D eigenvalue weighted by molar-refractivity contribution is -0.385. The molecule has 2 aliphatic rings. The van der Waals surface area contributed by atoms with Gasteiger partial charge in [-0.25, -0.2) is 17.9 Å². The Bertz CT molecular complexity index is 1570. The minimum Gasteiger partial charge on any atom is -0.492 e. The average Bonchev–Trinajstić information content (AvgIpc) is 3.53. The van der Waals surface area contributed by atoms with Gasteiger partial charge in [-0.3, -0.25) is 15.0 Å². The molecule has 240 valence electrons. The van der Waals surface area contributed by atoms with Crippen LogP contribution in [-0.2, 0) is 37.3 Å². The number of fused-ring (bicyclic) bond motifs is 1. The van der Waals surface area contributed by atoms with Crippen LogP contribution in [0.5, 0.6) is 5.75 Å². The van der Waals surface area contributed by atoms with E-state index < -0.39 is 27.0 Å². The summed E-state index contributed by atoms with van der Waals surface area (Å²) in [6.45, 7) is 6.78. The van der Waals surface area contributed by atoms with E-state index in [0.29, 0.717) is 24.3 Å². The van der Waals surface area contributed by atoms with E-state index in [1.807, 2.05) is 37.3 Å². The second-order valence-electron chi connectivity index (χ2n) is 11.3. The maximum atomic E-state index is 13.4. The second kappa shape index (κ2) is 14.5. The quantitative estimate of drug-likeness (QED) is 0.105. The molecule has 11 nitrogen and oxygen atoms in total. The molecule has 45 heavy (non-hydrogen) atoms. The van der Waals surface area contributed by atoms with Crippen molar-refractivity contribution in [1.82, 2.24) is 9.62 Å². The van der Waals surface area contributed by atoms with E-state index in [1.54, 1.807) is 19.1 Å². The highest BCUT2D eigenvalue weighted by atomic mass is 32.2. The Balaban J connectivity index is 1.17. The van der Waals surface area contributed by atoms with Crippen molar-refractivity contribution in [3.8, 4) is 5.75 Å². The Hall–Kier alpha value is -3.84. The summed E-state index contributed by atoms with van der Waals surface area (Å²) in [5.74, 6) is 0.626. The molecule has 3 aromatic rings. The Labute approximate surface area is 263 Å². The van der Waals surface area contributed by atoms with Crippen molar-refractivity contribution >= 4 is 21.7 Å². The van der Waals surface area contributed by atoms with E-state index in [2.05, 4.69) is 21.8 Å². The summed E-state index contributed by atoms with van der Waals surface area (Å²) in [5.41, 5.74) is 2.49. The van der Waals surface area contributed by atoms with Crippen LogP contribution in [0.25, 0.3) is 0 Å². The molecule has 4 atom stereocenters. The number of nitrogens with one attached hydrogen (secondary N) is 1. The molecule has 12 heteroatoms. The highest BCUT2D eigenvalue weighted by molar-refractivity contribution is 7.89. The third kappa shape index (κ3) is 8.06. The van der Waals surface area contributed by atoms with Crippen molar-refractivity contribution < 1.29 is 32.3 Å². The number of benzene rings is 3. The fourth-order valence-corrected chi connectivity index (χ4v) is 7.47. The average molecular weight is 638 g/mol. The number of carbonyl (C=O) groups excluding carboxylic acids is 1. The Morgan fingerprint density at radius 3 is 2.36 bits per heavy atom. The number of esters is 1. The van der Waals surface area contributed by atoms with Crippen LogP contribution in [0.15, 0.2) is 77.7 Å². The zero-order chi connectivity index (χ0) is 32.0. The SMILES string of the molecule is CCOC(=O)[C@H](Cc1ccc(OCCNS(=O)(=O)c2ccc([N+](=O)[O-])cc2[C@H]2C3CN(Cc4ccccc4)C[C@H]32)cc1)OCC. The summed E-state index contributed by atoms with van der Waals surface area (Å²) >= 11 is 0. The van der Waals surface area contributed by atoms with Gasteiger partial charge in [0.05, 0.1) is 16.4 Å². The van der Waals surface area contributed by atoms with Crippen LogP contribution in [0.3, 0.4) is 0 Å². The summed E-state index contributed by atoms with van der Waals surface area (Å²) in [6.07, 6.45) is -0.332. The summed E-state index contributed by atoms with van der Waals surface area (Å²) in [6, 6.07) is 21.3. The molecule has 1 unspecified atom stereocenters. The van der Waals surface area contributed by atoms with Crippen LogP contribution < -0.4 is 9.46 Å². The van der Waals surface area contributed by atoms with Gasteiger partial charge in [0.25, 0.3) is 5.69 Å². The molecule has 0 spiro atoms. The van der Waals surface area contributed by atoms with Gasteiger partial charge in [-0.1, -0.05) is 42.5 Å². The molecular formula is C33H39N3O8S. The van der Waals surface area contributed by atoms with Crippen molar-refractivity contribution in [3.05, 3.63) is 99.6 Å². The lowest BCUT2D eigenvalue weighted by atomic mass is 10.1. The fraction of sp³-hybridized carbons (Fsp3) is 0.424. The molecule has 1 aliphatic heterocycles. The van der Waals surface area contributed by atoms with Gasteiger partial charge in [-0.2, -0.15) is 0 Å². The monoisotopic (exact) mass is 637 g/mol. The van der Waals surface area contributed by atoms with Gasteiger partial charge in [0.2, 0.25) is 10.0 Å². The molecule has 2 fully saturated rings. The standard InChI is InChI=1S/C33H39N3O8S/c1-3-42-30(33(37)43-4-2)18-23-10-13-26(14-11-23)44-17-16-34-45(40,41)31-15-12-25(36(38)39)19-27(31)32-28-21-35(22-29(28)32)20-24-8-6-5-7-9-24/h5-15,19,28-30,32,34H,3-4,16-18,20-22H2,1-2H3/t28-,29?,30+,32-/m1/s1. The van der Waals surface area contributed by atoms with Crippen molar-refractivity contribution in [2.45, 2.75) is 43.7 Å². The number of nitrogens with zero attached hydrogens (tertiary/aromatic N) is 2. The number of piperidine rings is 1. The van der Waals surface area contributed by atoms with Crippen molar-refractivity contribution in [2.24, 2.45) is 11.8 Å². The number of likely N-dealkylation sites (tertiary alicyclic amines) is 1. The van der Waals surface area contributed by atoms with E-state index in [4.69, 9.17) is 14.2 Å². The molecule has 3 aromatic carbocycles. The highest BCUT2D eigenvalue weighted by Gasteiger charge is 2.57. The third-order valence-electron chi connectivity index (χ3n) is 8.30.